The van der Waals surface area contributed by atoms with Gasteiger partial charge in [-0.2, -0.15) is 5.10 Å². The van der Waals surface area contributed by atoms with E-state index in [0.717, 1.165) is 15.8 Å². The summed E-state index contributed by atoms with van der Waals surface area (Å²) in [5.74, 6) is -0.388. The minimum absolute atomic E-state index is 0.0172. The van der Waals surface area contributed by atoms with Gasteiger partial charge in [0.2, 0.25) is 0 Å². The molecule has 0 aliphatic carbocycles. The molecular weight excluding hydrogens is 412 g/mol. The van der Waals surface area contributed by atoms with E-state index in [9.17, 15) is 14.9 Å². The molecule has 0 saturated carbocycles. The Morgan fingerprint density at radius 2 is 1.90 bits per heavy atom. The van der Waals surface area contributed by atoms with Crippen LogP contribution >= 0.6 is 22.9 Å². The van der Waals surface area contributed by atoms with E-state index in [0.29, 0.717) is 15.6 Å². The number of halogens is 1. The van der Waals surface area contributed by atoms with E-state index < -0.39 is 4.92 Å². The second-order valence-corrected chi connectivity index (χ2v) is 7.45. The number of amides is 1. The highest BCUT2D eigenvalue weighted by Crippen LogP contribution is 2.34. The lowest BCUT2D eigenvalue weighted by Gasteiger charge is -2.05. The highest BCUT2D eigenvalue weighted by atomic mass is 35.5. The SMILES string of the molecule is O=C(N/N=C\c1cccn1-c1ccc([N+](=O)[O-])cc1)c1sc2ccccc2c1Cl. The van der Waals surface area contributed by atoms with Gasteiger partial charge in [-0.3, -0.25) is 14.9 Å². The molecule has 1 N–H and O–H groups in total. The highest BCUT2D eigenvalue weighted by molar-refractivity contribution is 7.21. The first-order valence-corrected chi connectivity index (χ1v) is 9.66. The van der Waals surface area contributed by atoms with Crippen LogP contribution in [0.15, 0.2) is 72.0 Å². The van der Waals surface area contributed by atoms with Crippen LogP contribution in [0.4, 0.5) is 5.69 Å². The largest absolute Gasteiger partial charge is 0.316 e. The summed E-state index contributed by atoms with van der Waals surface area (Å²) in [4.78, 5) is 23.2. The molecule has 7 nitrogen and oxygen atoms in total. The zero-order valence-electron chi connectivity index (χ0n) is 14.8. The third kappa shape index (κ3) is 3.75. The number of nitro groups is 1. The summed E-state index contributed by atoms with van der Waals surface area (Å²) < 4.78 is 2.73. The molecule has 0 aliphatic heterocycles. The first kappa shape index (κ1) is 18.9. The smallest absolute Gasteiger partial charge is 0.283 e. The maximum atomic E-state index is 12.5. The van der Waals surface area contributed by atoms with Crippen molar-refractivity contribution >= 4 is 50.8 Å². The van der Waals surface area contributed by atoms with Crippen molar-refractivity contribution in [2.45, 2.75) is 0 Å². The fourth-order valence-electron chi connectivity index (χ4n) is 2.84. The lowest BCUT2D eigenvalue weighted by atomic mass is 10.2. The molecule has 0 atom stereocenters. The Bertz CT molecular complexity index is 1240. The molecule has 144 valence electrons. The minimum Gasteiger partial charge on any atom is -0.316 e. The molecular formula is C20H13ClN4O3S. The molecule has 0 bridgehead atoms. The minimum atomic E-state index is -0.448. The number of thiophene rings is 1. The van der Waals surface area contributed by atoms with Gasteiger partial charge in [0.05, 0.1) is 21.9 Å². The molecule has 0 aliphatic rings. The number of hydrogen-bond acceptors (Lipinski definition) is 5. The molecule has 2 aromatic heterocycles. The molecule has 2 heterocycles. The maximum absolute atomic E-state index is 12.5. The number of carbonyl (C=O) groups excluding carboxylic acids is 1. The summed E-state index contributed by atoms with van der Waals surface area (Å²) in [5, 5.41) is 16.1. The molecule has 4 rings (SSSR count). The molecule has 0 radical (unpaired) electrons. The monoisotopic (exact) mass is 424 g/mol. The zero-order chi connectivity index (χ0) is 20.4. The van der Waals surface area contributed by atoms with Crippen molar-refractivity contribution in [3.05, 3.63) is 92.6 Å². The van der Waals surface area contributed by atoms with Crippen molar-refractivity contribution in [3.8, 4) is 5.69 Å². The van der Waals surface area contributed by atoms with Crippen molar-refractivity contribution in [1.29, 1.82) is 0 Å². The number of carbonyl (C=O) groups is 1. The van der Waals surface area contributed by atoms with E-state index in [-0.39, 0.29) is 11.6 Å². The second kappa shape index (κ2) is 7.86. The Balaban J connectivity index is 1.51. The normalized spacial score (nSPS) is 11.2. The number of benzene rings is 2. The Kier molecular flexibility index (Phi) is 5.11. The molecule has 1 amide bonds. The zero-order valence-corrected chi connectivity index (χ0v) is 16.4. The number of nitro benzene ring substituents is 1. The lowest BCUT2D eigenvalue weighted by Crippen LogP contribution is -2.17. The van der Waals surface area contributed by atoms with Gasteiger partial charge in [-0.1, -0.05) is 29.8 Å². The van der Waals surface area contributed by atoms with Crippen LogP contribution in [0.3, 0.4) is 0 Å². The lowest BCUT2D eigenvalue weighted by molar-refractivity contribution is -0.384. The molecule has 0 unspecified atom stereocenters. The van der Waals surface area contributed by atoms with Gasteiger partial charge < -0.3 is 4.57 Å². The van der Waals surface area contributed by atoms with E-state index >= 15 is 0 Å². The van der Waals surface area contributed by atoms with Crippen LogP contribution in [-0.2, 0) is 0 Å². The summed E-state index contributed by atoms with van der Waals surface area (Å²) >= 11 is 7.62. The highest BCUT2D eigenvalue weighted by Gasteiger charge is 2.16. The second-order valence-electron chi connectivity index (χ2n) is 6.02. The van der Waals surface area contributed by atoms with Crippen LogP contribution in [0, 0.1) is 10.1 Å². The van der Waals surface area contributed by atoms with Crippen LogP contribution in [0.1, 0.15) is 15.4 Å². The number of hydrazone groups is 1. The van der Waals surface area contributed by atoms with E-state index in [1.807, 2.05) is 36.4 Å². The topological polar surface area (TPSA) is 89.5 Å². The molecule has 2 aromatic carbocycles. The number of fused-ring (bicyclic) bond motifs is 1. The fourth-order valence-corrected chi connectivity index (χ4v) is 4.24. The van der Waals surface area contributed by atoms with Crippen LogP contribution < -0.4 is 5.43 Å². The standard InChI is InChI=1S/C20H13ClN4O3S/c21-18-16-5-1-2-6-17(16)29-19(18)20(26)23-22-12-15-4-3-11-24(15)13-7-9-14(10-8-13)25(27)28/h1-12H,(H,23,26)/b22-12-. The molecule has 0 saturated heterocycles. The number of rotatable bonds is 5. The number of aromatic nitrogens is 1. The van der Waals surface area contributed by atoms with E-state index in [1.165, 1.54) is 29.7 Å². The summed E-state index contributed by atoms with van der Waals surface area (Å²) in [7, 11) is 0. The van der Waals surface area contributed by atoms with Crippen LogP contribution in [-0.4, -0.2) is 21.6 Å². The third-order valence-electron chi connectivity index (χ3n) is 4.22. The predicted molar refractivity (Wildman–Crippen MR) is 114 cm³/mol. The van der Waals surface area contributed by atoms with E-state index in [4.69, 9.17) is 11.6 Å². The van der Waals surface area contributed by atoms with E-state index in [2.05, 4.69) is 10.5 Å². The molecule has 9 heteroatoms. The van der Waals surface area contributed by atoms with Crippen LogP contribution in [0.25, 0.3) is 15.8 Å². The number of hydrogen-bond donors (Lipinski definition) is 1. The number of non-ortho nitro benzene ring substituents is 1. The van der Waals surface area contributed by atoms with Gasteiger partial charge in [-0.25, -0.2) is 5.43 Å². The Hall–Kier alpha value is -3.49. The molecule has 0 fully saturated rings. The number of nitrogens with one attached hydrogen (secondary N) is 1. The maximum Gasteiger partial charge on any atom is 0.283 e. The fraction of sp³-hybridized carbons (Fsp3) is 0. The van der Waals surface area contributed by atoms with Crippen molar-refractivity contribution in [2.75, 3.05) is 0 Å². The average Bonchev–Trinajstić information content (AvgIpc) is 3.33. The average molecular weight is 425 g/mol. The Labute approximate surface area is 174 Å². The Morgan fingerprint density at radius 1 is 1.14 bits per heavy atom. The summed E-state index contributed by atoms with van der Waals surface area (Å²) in [6.07, 6.45) is 3.30. The van der Waals surface area contributed by atoms with Gasteiger partial charge in [-0.15, -0.1) is 11.3 Å². The third-order valence-corrected chi connectivity index (χ3v) is 5.90. The van der Waals surface area contributed by atoms with Crippen molar-refractivity contribution in [3.63, 3.8) is 0 Å². The molecule has 29 heavy (non-hydrogen) atoms. The molecule has 0 spiro atoms. The van der Waals surface area contributed by atoms with Gasteiger partial charge in [0.15, 0.2) is 0 Å². The first-order valence-electron chi connectivity index (χ1n) is 8.47. The van der Waals surface area contributed by atoms with Gasteiger partial charge in [0.25, 0.3) is 11.6 Å². The van der Waals surface area contributed by atoms with Crippen molar-refractivity contribution in [2.24, 2.45) is 5.10 Å². The van der Waals surface area contributed by atoms with Crippen molar-refractivity contribution < 1.29 is 9.72 Å². The van der Waals surface area contributed by atoms with E-state index in [1.54, 1.807) is 22.9 Å². The van der Waals surface area contributed by atoms with Gasteiger partial charge in [-0.05, 0) is 30.3 Å². The first-order chi connectivity index (χ1) is 14.0. The summed E-state index contributed by atoms with van der Waals surface area (Å²) in [6, 6.07) is 17.3. The quantitative estimate of drug-likeness (QED) is 0.277. The molecule has 4 aromatic rings. The predicted octanol–water partition coefficient (Wildman–Crippen LogP) is 5.02. The summed E-state index contributed by atoms with van der Waals surface area (Å²) in [5.41, 5.74) is 3.95. The van der Waals surface area contributed by atoms with Gasteiger partial charge >= 0.3 is 0 Å². The summed E-state index contributed by atoms with van der Waals surface area (Å²) in [6.45, 7) is 0. The Morgan fingerprint density at radius 3 is 2.62 bits per heavy atom. The van der Waals surface area contributed by atoms with Crippen LogP contribution in [0.5, 0.6) is 0 Å². The van der Waals surface area contributed by atoms with Crippen molar-refractivity contribution in [1.82, 2.24) is 9.99 Å². The number of nitrogens with zero attached hydrogens (tertiary/aromatic N) is 3. The van der Waals surface area contributed by atoms with Gasteiger partial charge in [0.1, 0.15) is 4.88 Å². The van der Waals surface area contributed by atoms with Crippen LogP contribution in [0.2, 0.25) is 5.02 Å². The van der Waals surface area contributed by atoms with Gasteiger partial charge in [0, 0.05) is 34.1 Å².